The molecule has 1 heterocycles. The van der Waals surface area contributed by atoms with E-state index in [1.807, 2.05) is 0 Å². The topological polar surface area (TPSA) is 100.0 Å². The molecule has 1 aliphatic heterocycles. The highest BCUT2D eigenvalue weighted by molar-refractivity contribution is 6.35. The molecule has 0 spiro atoms. The predicted molar refractivity (Wildman–Crippen MR) is 95.6 cm³/mol. The number of hydrogen-bond donors (Lipinski definition) is 2. The molecule has 0 radical (unpaired) electrons. The van der Waals surface area contributed by atoms with Crippen LogP contribution in [0.25, 0.3) is 0 Å². The van der Waals surface area contributed by atoms with Crippen LogP contribution in [0.2, 0.25) is 0 Å². The highest BCUT2D eigenvalue weighted by Gasteiger charge is 2.24. The van der Waals surface area contributed by atoms with Gasteiger partial charge in [0.15, 0.2) is 0 Å². The van der Waals surface area contributed by atoms with E-state index >= 15 is 0 Å². The molecule has 7 nitrogen and oxygen atoms in total. The van der Waals surface area contributed by atoms with Crippen molar-refractivity contribution in [2.45, 2.75) is 38.1 Å². The van der Waals surface area contributed by atoms with Gasteiger partial charge >= 0.3 is 11.8 Å². The SMILES string of the molecule is O=C(NCCC1=CCCCC1)C(=O)NCC1N=NC(=O)c2ccccc21. The Kier molecular flexibility index (Phi) is 5.88. The van der Waals surface area contributed by atoms with Gasteiger partial charge < -0.3 is 10.6 Å². The Morgan fingerprint density at radius 2 is 1.92 bits per heavy atom. The number of carbonyl (C=O) groups excluding carboxylic acids is 3. The summed E-state index contributed by atoms with van der Waals surface area (Å²) in [6.07, 6.45) is 7.61. The lowest BCUT2D eigenvalue weighted by Gasteiger charge is -2.18. The van der Waals surface area contributed by atoms with Crippen molar-refractivity contribution < 1.29 is 14.4 Å². The molecule has 2 aliphatic rings. The summed E-state index contributed by atoms with van der Waals surface area (Å²) in [7, 11) is 0. The maximum Gasteiger partial charge on any atom is 0.309 e. The number of allylic oxidation sites excluding steroid dienone is 1. The van der Waals surface area contributed by atoms with Gasteiger partial charge in [0.25, 0.3) is 5.91 Å². The molecule has 1 aliphatic carbocycles. The van der Waals surface area contributed by atoms with Gasteiger partial charge in [-0.2, -0.15) is 5.11 Å². The number of hydrogen-bond acceptors (Lipinski definition) is 4. The van der Waals surface area contributed by atoms with Crippen LogP contribution in [0.5, 0.6) is 0 Å². The molecule has 0 bridgehead atoms. The van der Waals surface area contributed by atoms with Crippen LogP contribution in [0.15, 0.2) is 46.1 Å². The molecule has 0 saturated heterocycles. The third-order valence-corrected chi connectivity index (χ3v) is 4.62. The fourth-order valence-corrected chi connectivity index (χ4v) is 3.19. The minimum Gasteiger partial charge on any atom is -0.348 e. The summed E-state index contributed by atoms with van der Waals surface area (Å²) in [5.74, 6) is -1.75. The van der Waals surface area contributed by atoms with Crippen LogP contribution >= 0.6 is 0 Å². The number of rotatable bonds is 5. The maximum absolute atomic E-state index is 12.0. The Labute approximate surface area is 152 Å². The molecule has 1 aromatic carbocycles. The summed E-state index contributed by atoms with van der Waals surface area (Å²) in [5.41, 5.74) is 2.53. The monoisotopic (exact) mass is 354 g/mol. The Hall–Kier alpha value is -2.83. The zero-order valence-electron chi connectivity index (χ0n) is 14.5. The number of azo groups is 1. The van der Waals surface area contributed by atoms with Crippen molar-refractivity contribution in [2.75, 3.05) is 13.1 Å². The first-order valence-electron chi connectivity index (χ1n) is 8.93. The van der Waals surface area contributed by atoms with Gasteiger partial charge in [0.05, 0.1) is 0 Å². The Balaban J connectivity index is 1.46. The Bertz CT molecular complexity index is 770. The molecule has 0 fully saturated rings. The Morgan fingerprint density at radius 3 is 2.73 bits per heavy atom. The maximum atomic E-state index is 12.0. The number of benzene rings is 1. The lowest BCUT2D eigenvalue weighted by molar-refractivity contribution is -0.139. The van der Waals surface area contributed by atoms with Crippen LogP contribution in [0.1, 0.15) is 54.1 Å². The summed E-state index contributed by atoms with van der Waals surface area (Å²) < 4.78 is 0. The molecular formula is C19H22N4O3. The average Bonchev–Trinajstić information content (AvgIpc) is 2.68. The third kappa shape index (κ3) is 4.41. The van der Waals surface area contributed by atoms with Crippen molar-refractivity contribution >= 4 is 17.7 Å². The van der Waals surface area contributed by atoms with Gasteiger partial charge in [0, 0.05) is 18.7 Å². The largest absolute Gasteiger partial charge is 0.348 e. The van der Waals surface area contributed by atoms with Crippen molar-refractivity contribution in [3.8, 4) is 0 Å². The average molecular weight is 354 g/mol. The zero-order valence-corrected chi connectivity index (χ0v) is 14.5. The smallest absolute Gasteiger partial charge is 0.309 e. The molecule has 0 aromatic heterocycles. The molecule has 2 N–H and O–H groups in total. The number of nitrogens with zero attached hydrogens (tertiary/aromatic N) is 2. The summed E-state index contributed by atoms with van der Waals surface area (Å²) in [5, 5.41) is 12.7. The minimum atomic E-state index is -0.702. The molecule has 1 aromatic rings. The summed E-state index contributed by atoms with van der Waals surface area (Å²) >= 11 is 0. The van der Waals surface area contributed by atoms with E-state index in [1.165, 1.54) is 18.4 Å². The first-order chi connectivity index (χ1) is 12.6. The molecule has 1 atom stereocenters. The van der Waals surface area contributed by atoms with Crippen LogP contribution in [0, 0.1) is 0 Å². The van der Waals surface area contributed by atoms with E-state index in [2.05, 4.69) is 26.9 Å². The number of carbonyl (C=O) groups is 3. The summed E-state index contributed by atoms with van der Waals surface area (Å²) in [6.45, 7) is 0.573. The highest BCUT2D eigenvalue weighted by Crippen LogP contribution is 2.26. The van der Waals surface area contributed by atoms with Crippen molar-refractivity contribution in [1.82, 2.24) is 10.6 Å². The van der Waals surface area contributed by atoms with Crippen LogP contribution < -0.4 is 10.6 Å². The molecular weight excluding hydrogens is 332 g/mol. The van der Waals surface area contributed by atoms with E-state index in [0.717, 1.165) is 19.3 Å². The molecule has 1 unspecified atom stereocenters. The molecule has 7 heteroatoms. The van der Waals surface area contributed by atoms with Crippen LogP contribution in [-0.4, -0.2) is 30.8 Å². The second-order valence-electron chi connectivity index (χ2n) is 6.45. The lowest BCUT2D eigenvalue weighted by Crippen LogP contribution is -2.41. The van der Waals surface area contributed by atoms with Gasteiger partial charge in [-0.15, -0.1) is 5.11 Å². The van der Waals surface area contributed by atoms with E-state index in [4.69, 9.17) is 0 Å². The van der Waals surface area contributed by atoms with Gasteiger partial charge in [-0.3, -0.25) is 14.4 Å². The van der Waals surface area contributed by atoms with E-state index in [9.17, 15) is 14.4 Å². The van der Waals surface area contributed by atoms with E-state index in [-0.39, 0.29) is 6.54 Å². The van der Waals surface area contributed by atoms with E-state index < -0.39 is 23.8 Å². The fraction of sp³-hybridized carbons (Fsp3) is 0.421. The molecule has 136 valence electrons. The first-order valence-corrected chi connectivity index (χ1v) is 8.93. The molecule has 3 rings (SSSR count). The zero-order chi connectivity index (χ0) is 18.4. The second kappa shape index (κ2) is 8.51. The first kappa shape index (κ1) is 18.0. The van der Waals surface area contributed by atoms with E-state index in [0.29, 0.717) is 17.7 Å². The quantitative estimate of drug-likeness (QED) is 0.627. The molecule has 26 heavy (non-hydrogen) atoms. The lowest BCUT2D eigenvalue weighted by atomic mass is 9.97. The fourth-order valence-electron chi connectivity index (χ4n) is 3.19. The molecule has 0 saturated carbocycles. The number of amides is 3. The van der Waals surface area contributed by atoms with Crippen LogP contribution in [-0.2, 0) is 9.59 Å². The van der Waals surface area contributed by atoms with Gasteiger partial charge in [0.2, 0.25) is 0 Å². The van der Waals surface area contributed by atoms with Crippen LogP contribution in [0.4, 0.5) is 0 Å². The minimum absolute atomic E-state index is 0.116. The van der Waals surface area contributed by atoms with Crippen molar-refractivity contribution in [3.05, 3.63) is 47.0 Å². The normalized spacial score (nSPS) is 18.7. The van der Waals surface area contributed by atoms with Gasteiger partial charge in [-0.25, -0.2) is 0 Å². The van der Waals surface area contributed by atoms with Crippen molar-refractivity contribution in [2.24, 2.45) is 10.2 Å². The van der Waals surface area contributed by atoms with Crippen molar-refractivity contribution in [1.29, 1.82) is 0 Å². The third-order valence-electron chi connectivity index (χ3n) is 4.62. The summed E-state index contributed by atoms with van der Waals surface area (Å²) in [6, 6.07) is 6.54. The van der Waals surface area contributed by atoms with Gasteiger partial charge in [-0.05, 0) is 43.7 Å². The number of nitrogens with one attached hydrogen (secondary N) is 2. The Morgan fingerprint density at radius 1 is 1.12 bits per heavy atom. The second-order valence-corrected chi connectivity index (χ2v) is 6.45. The molecule has 3 amide bonds. The van der Waals surface area contributed by atoms with E-state index in [1.54, 1.807) is 24.3 Å². The standard InChI is InChI=1S/C19H22N4O3/c24-17-15-9-5-4-8-14(15)16(22-23-17)12-21-19(26)18(25)20-11-10-13-6-2-1-3-7-13/h4-6,8-9,16H,1-3,7,10-12H2,(H,20,25)(H,21,26). The van der Waals surface area contributed by atoms with Gasteiger partial charge in [0.1, 0.15) is 6.04 Å². The highest BCUT2D eigenvalue weighted by atomic mass is 16.2. The summed E-state index contributed by atoms with van der Waals surface area (Å²) in [4.78, 5) is 35.6. The van der Waals surface area contributed by atoms with Crippen molar-refractivity contribution in [3.63, 3.8) is 0 Å². The number of fused-ring (bicyclic) bond motifs is 1. The predicted octanol–water partition coefficient (Wildman–Crippen LogP) is 2.46. The van der Waals surface area contributed by atoms with Crippen LogP contribution in [0.3, 0.4) is 0 Å². The van der Waals surface area contributed by atoms with Gasteiger partial charge in [-0.1, -0.05) is 29.8 Å².